The molecule has 0 aromatic heterocycles. The highest BCUT2D eigenvalue weighted by Gasteiger charge is 2.10. The van der Waals surface area contributed by atoms with Crippen molar-refractivity contribution in [3.63, 3.8) is 0 Å². The number of methoxy groups -OCH3 is 1. The average Bonchev–Trinajstić information content (AvgIpc) is 2.17. The third-order valence-electron chi connectivity index (χ3n) is 2.13. The molecule has 2 nitrogen and oxygen atoms in total. The van der Waals surface area contributed by atoms with Crippen LogP contribution in [-0.4, -0.2) is 17.8 Å². The van der Waals surface area contributed by atoms with Crippen LogP contribution in [-0.2, 0) is 4.74 Å². The molecule has 0 spiro atoms. The highest BCUT2D eigenvalue weighted by molar-refractivity contribution is 5.57. The minimum absolute atomic E-state index is 0.288. The molecule has 1 aromatic carbocycles. The smallest absolute Gasteiger partial charge is 0.122 e. The van der Waals surface area contributed by atoms with Gasteiger partial charge in [0.25, 0.3) is 0 Å². The Kier molecular flexibility index (Phi) is 3.31. The topological polar surface area (TPSA) is 29.5 Å². The molecule has 0 saturated heterocycles. The predicted octanol–water partition coefficient (Wildman–Crippen LogP) is 2.83. The van der Waals surface area contributed by atoms with E-state index in [1.54, 1.807) is 19.2 Å². The van der Waals surface area contributed by atoms with Gasteiger partial charge in [0.1, 0.15) is 5.75 Å². The van der Waals surface area contributed by atoms with Crippen LogP contribution in [0.2, 0.25) is 0 Å². The fraction of sp³-hybridized carbons (Fsp3) is 0.333. The van der Waals surface area contributed by atoms with E-state index in [-0.39, 0.29) is 11.4 Å². The molecular formula is C12H16O2. The van der Waals surface area contributed by atoms with Gasteiger partial charge >= 0.3 is 0 Å². The van der Waals surface area contributed by atoms with Crippen LogP contribution < -0.4 is 0 Å². The molecule has 0 aliphatic heterocycles. The van der Waals surface area contributed by atoms with Crippen molar-refractivity contribution in [1.82, 2.24) is 0 Å². The Hall–Kier alpha value is -1.28. The second-order valence-corrected chi connectivity index (χ2v) is 3.70. The molecule has 0 fully saturated rings. The SMILES string of the molecule is COC(C)(C)/C=C/c1ccccc1O. The van der Waals surface area contributed by atoms with Gasteiger partial charge < -0.3 is 9.84 Å². The van der Waals surface area contributed by atoms with Crippen molar-refractivity contribution in [2.45, 2.75) is 19.4 Å². The lowest BCUT2D eigenvalue weighted by Gasteiger charge is -2.17. The number of hydrogen-bond acceptors (Lipinski definition) is 2. The number of phenols is 1. The zero-order chi connectivity index (χ0) is 10.6. The van der Waals surface area contributed by atoms with Gasteiger partial charge in [-0.25, -0.2) is 0 Å². The van der Waals surface area contributed by atoms with Crippen molar-refractivity contribution in [2.24, 2.45) is 0 Å². The van der Waals surface area contributed by atoms with Crippen molar-refractivity contribution in [3.8, 4) is 5.75 Å². The maximum atomic E-state index is 9.49. The lowest BCUT2D eigenvalue weighted by molar-refractivity contribution is 0.0663. The van der Waals surface area contributed by atoms with Crippen LogP contribution in [0.5, 0.6) is 5.75 Å². The molecule has 0 bridgehead atoms. The molecule has 0 radical (unpaired) electrons. The molecule has 0 aliphatic carbocycles. The number of hydrogen-bond donors (Lipinski definition) is 1. The van der Waals surface area contributed by atoms with Crippen LogP contribution in [0.1, 0.15) is 19.4 Å². The van der Waals surface area contributed by atoms with Gasteiger partial charge in [0, 0.05) is 12.7 Å². The van der Waals surface area contributed by atoms with E-state index < -0.39 is 0 Å². The standard InChI is InChI=1S/C12H16O2/c1-12(2,14-3)9-8-10-6-4-5-7-11(10)13/h4-9,13H,1-3H3/b9-8+. The first-order chi connectivity index (χ1) is 6.55. The van der Waals surface area contributed by atoms with Gasteiger partial charge in [-0.3, -0.25) is 0 Å². The number of para-hydroxylation sites is 1. The van der Waals surface area contributed by atoms with Crippen LogP contribution in [0.3, 0.4) is 0 Å². The summed E-state index contributed by atoms with van der Waals surface area (Å²) in [6.07, 6.45) is 3.78. The van der Waals surface area contributed by atoms with Crippen LogP contribution in [0.4, 0.5) is 0 Å². The van der Waals surface area contributed by atoms with Gasteiger partial charge in [-0.15, -0.1) is 0 Å². The minimum atomic E-state index is -0.303. The first-order valence-corrected chi connectivity index (χ1v) is 4.57. The Bertz CT molecular complexity index is 327. The van der Waals surface area contributed by atoms with E-state index in [1.807, 2.05) is 38.1 Å². The molecular weight excluding hydrogens is 176 g/mol. The van der Waals surface area contributed by atoms with Gasteiger partial charge in [-0.05, 0) is 19.9 Å². The molecule has 0 unspecified atom stereocenters. The summed E-state index contributed by atoms with van der Waals surface area (Å²) >= 11 is 0. The lowest BCUT2D eigenvalue weighted by atomic mass is 10.1. The van der Waals surface area contributed by atoms with Gasteiger partial charge in [0.15, 0.2) is 0 Å². The molecule has 0 aliphatic rings. The normalized spacial score (nSPS) is 12.2. The van der Waals surface area contributed by atoms with E-state index in [2.05, 4.69) is 0 Å². The summed E-state index contributed by atoms with van der Waals surface area (Å²) in [5.74, 6) is 0.288. The summed E-state index contributed by atoms with van der Waals surface area (Å²) in [6.45, 7) is 3.92. The Morgan fingerprint density at radius 1 is 1.29 bits per heavy atom. The summed E-state index contributed by atoms with van der Waals surface area (Å²) in [5, 5.41) is 9.49. The molecule has 2 heteroatoms. The monoisotopic (exact) mass is 192 g/mol. The highest BCUT2D eigenvalue weighted by atomic mass is 16.5. The first kappa shape index (κ1) is 10.8. The van der Waals surface area contributed by atoms with Crippen molar-refractivity contribution < 1.29 is 9.84 Å². The Morgan fingerprint density at radius 3 is 2.50 bits per heavy atom. The number of phenolic OH excluding ortho intramolecular Hbond substituents is 1. The summed E-state index contributed by atoms with van der Waals surface area (Å²) in [5.41, 5.74) is 0.500. The van der Waals surface area contributed by atoms with E-state index >= 15 is 0 Å². The Labute approximate surface area is 84.8 Å². The van der Waals surface area contributed by atoms with Crippen molar-refractivity contribution in [3.05, 3.63) is 35.9 Å². The zero-order valence-corrected chi connectivity index (χ0v) is 8.82. The quantitative estimate of drug-likeness (QED) is 0.798. The second kappa shape index (κ2) is 4.29. The van der Waals surface area contributed by atoms with E-state index in [0.29, 0.717) is 0 Å². The maximum absolute atomic E-state index is 9.49. The van der Waals surface area contributed by atoms with Crippen LogP contribution >= 0.6 is 0 Å². The third kappa shape index (κ3) is 2.89. The number of rotatable bonds is 3. The molecule has 76 valence electrons. The largest absolute Gasteiger partial charge is 0.507 e. The second-order valence-electron chi connectivity index (χ2n) is 3.70. The van der Waals surface area contributed by atoms with Crippen LogP contribution in [0, 0.1) is 0 Å². The Morgan fingerprint density at radius 2 is 1.93 bits per heavy atom. The molecule has 0 amide bonds. The summed E-state index contributed by atoms with van der Waals surface area (Å²) in [4.78, 5) is 0. The lowest BCUT2D eigenvalue weighted by Crippen LogP contribution is -2.18. The van der Waals surface area contributed by atoms with E-state index in [0.717, 1.165) is 5.56 Å². The maximum Gasteiger partial charge on any atom is 0.122 e. The molecule has 0 atom stereocenters. The fourth-order valence-electron chi connectivity index (χ4n) is 0.987. The van der Waals surface area contributed by atoms with E-state index in [1.165, 1.54) is 0 Å². The summed E-state index contributed by atoms with van der Waals surface area (Å²) in [6, 6.07) is 7.21. The molecule has 1 N–H and O–H groups in total. The predicted molar refractivity (Wildman–Crippen MR) is 58.2 cm³/mol. The number of aromatic hydroxyl groups is 1. The Balaban J connectivity index is 2.84. The van der Waals surface area contributed by atoms with Gasteiger partial charge in [-0.2, -0.15) is 0 Å². The minimum Gasteiger partial charge on any atom is -0.507 e. The van der Waals surface area contributed by atoms with Crippen molar-refractivity contribution in [1.29, 1.82) is 0 Å². The average molecular weight is 192 g/mol. The van der Waals surface area contributed by atoms with Crippen LogP contribution in [0.15, 0.2) is 30.3 Å². The summed E-state index contributed by atoms with van der Waals surface area (Å²) in [7, 11) is 1.66. The first-order valence-electron chi connectivity index (χ1n) is 4.57. The van der Waals surface area contributed by atoms with Gasteiger partial charge in [0.2, 0.25) is 0 Å². The molecule has 0 heterocycles. The number of ether oxygens (including phenoxy) is 1. The van der Waals surface area contributed by atoms with E-state index in [9.17, 15) is 5.11 Å². The van der Waals surface area contributed by atoms with E-state index in [4.69, 9.17) is 4.74 Å². The molecule has 14 heavy (non-hydrogen) atoms. The molecule has 0 saturated carbocycles. The molecule has 1 rings (SSSR count). The zero-order valence-electron chi connectivity index (χ0n) is 8.82. The van der Waals surface area contributed by atoms with Crippen molar-refractivity contribution in [2.75, 3.05) is 7.11 Å². The summed E-state index contributed by atoms with van der Waals surface area (Å²) < 4.78 is 5.23. The highest BCUT2D eigenvalue weighted by Crippen LogP contribution is 2.19. The fourth-order valence-corrected chi connectivity index (χ4v) is 0.987. The number of benzene rings is 1. The van der Waals surface area contributed by atoms with Crippen LogP contribution in [0.25, 0.3) is 6.08 Å². The molecule has 1 aromatic rings. The third-order valence-corrected chi connectivity index (χ3v) is 2.13. The van der Waals surface area contributed by atoms with Crippen molar-refractivity contribution >= 4 is 6.08 Å². The van der Waals surface area contributed by atoms with Gasteiger partial charge in [-0.1, -0.05) is 30.4 Å². The van der Waals surface area contributed by atoms with Gasteiger partial charge in [0.05, 0.1) is 5.60 Å².